The molecular formula is C15H26N2O3. The highest BCUT2D eigenvalue weighted by atomic mass is 16.4. The molecule has 2 aliphatic rings. The normalized spacial score (nSPS) is 33.0. The maximum Gasteiger partial charge on any atom is 0.317 e. The Labute approximate surface area is 120 Å². The number of carboxylic acids is 1. The van der Waals surface area contributed by atoms with Crippen LogP contribution in [0.25, 0.3) is 0 Å². The van der Waals surface area contributed by atoms with Crippen LogP contribution in [0.15, 0.2) is 0 Å². The van der Waals surface area contributed by atoms with Crippen LogP contribution in [-0.2, 0) is 4.79 Å². The van der Waals surface area contributed by atoms with Gasteiger partial charge in [0.05, 0.1) is 5.92 Å². The van der Waals surface area contributed by atoms with E-state index in [0.29, 0.717) is 13.0 Å². The van der Waals surface area contributed by atoms with Crippen LogP contribution < -0.4 is 5.32 Å². The molecule has 2 fully saturated rings. The third-order valence-corrected chi connectivity index (χ3v) is 5.14. The summed E-state index contributed by atoms with van der Waals surface area (Å²) in [6.45, 7) is 6.77. The lowest BCUT2D eigenvalue weighted by Gasteiger charge is -2.40. The number of hydrogen-bond acceptors (Lipinski definition) is 2. The van der Waals surface area contributed by atoms with Crippen LogP contribution in [0.4, 0.5) is 4.79 Å². The topological polar surface area (TPSA) is 69.6 Å². The number of amides is 2. The van der Waals surface area contributed by atoms with Gasteiger partial charge < -0.3 is 15.3 Å². The zero-order valence-electron chi connectivity index (χ0n) is 12.7. The second-order valence-corrected chi connectivity index (χ2v) is 6.90. The number of nitrogens with zero attached hydrogens (tertiary/aromatic N) is 1. The lowest BCUT2D eigenvalue weighted by Crippen LogP contribution is -2.52. The quantitative estimate of drug-likeness (QED) is 0.817. The van der Waals surface area contributed by atoms with Crippen LogP contribution in [0.1, 0.15) is 52.9 Å². The minimum absolute atomic E-state index is 0.0961. The lowest BCUT2D eigenvalue weighted by atomic mass is 9.73. The van der Waals surface area contributed by atoms with Crippen molar-refractivity contribution in [3.8, 4) is 0 Å². The molecule has 3 unspecified atom stereocenters. The summed E-state index contributed by atoms with van der Waals surface area (Å²) in [5.41, 5.74) is 0.128. The molecule has 2 rings (SSSR count). The number of likely N-dealkylation sites (tertiary alicyclic amines) is 1. The first-order valence-corrected chi connectivity index (χ1v) is 7.63. The average molecular weight is 282 g/mol. The van der Waals surface area contributed by atoms with Crippen molar-refractivity contribution in [1.82, 2.24) is 10.2 Å². The van der Waals surface area contributed by atoms with Crippen molar-refractivity contribution in [2.45, 2.75) is 65.0 Å². The monoisotopic (exact) mass is 282 g/mol. The van der Waals surface area contributed by atoms with Crippen molar-refractivity contribution in [2.24, 2.45) is 11.3 Å². The van der Waals surface area contributed by atoms with Gasteiger partial charge in [0, 0.05) is 18.6 Å². The fraction of sp³-hybridized carbons (Fsp3) is 0.867. The van der Waals surface area contributed by atoms with Gasteiger partial charge in [-0.15, -0.1) is 0 Å². The van der Waals surface area contributed by atoms with Gasteiger partial charge in [-0.3, -0.25) is 4.79 Å². The molecule has 0 aromatic carbocycles. The van der Waals surface area contributed by atoms with E-state index in [1.807, 2.05) is 6.92 Å². The molecule has 2 amide bonds. The Morgan fingerprint density at radius 3 is 2.50 bits per heavy atom. The van der Waals surface area contributed by atoms with Crippen LogP contribution in [0.3, 0.4) is 0 Å². The van der Waals surface area contributed by atoms with E-state index in [4.69, 9.17) is 5.11 Å². The average Bonchev–Trinajstić information content (AvgIpc) is 2.73. The molecule has 0 aromatic rings. The Kier molecular flexibility index (Phi) is 4.25. The molecule has 3 atom stereocenters. The van der Waals surface area contributed by atoms with Gasteiger partial charge in [-0.1, -0.05) is 26.7 Å². The summed E-state index contributed by atoms with van der Waals surface area (Å²) in [6, 6.07) is -0.125. The second-order valence-electron chi connectivity index (χ2n) is 6.90. The SMILES string of the molecule is CC1C(C(=O)O)CCN1C(=O)NC1CCCCC1(C)C. The molecule has 1 saturated carbocycles. The van der Waals surface area contributed by atoms with E-state index in [9.17, 15) is 9.59 Å². The van der Waals surface area contributed by atoms with Crippen LogP contribution in [0.5, 0.6) is 0 Å². The summed E-state index contributed by atoms with van der Waals surface area (Å²) in [6.07, 6.45) is 5.08. The predicted octanol–water partition coefficient (Wildman–Crippen LogP) is 2.46. The van der Waals surface area contributed by atoms with Crippen molar-refractivity contribution in [3.05, 3.63) is 0 Å². The minimum Gasteiger partial charge on any atom is -0.481 e. The highest BCUT2D eigenvalue weighted by Gasteiger charge is 2.40. The summed E-state index contributed by atoms with van der Waals surface area (Å²) in [5.74, 6) is -1.23. The molecule has 1 heterocycles. The molecular weight excluding hydrogens is 256 g/mol. The first-order chi connectivity index (χ1) is 9.33. The number of carbonyl (C=O) groups is 2. The molecule has 1 aliphatic heterocycles. The first kappa shape index (κ1) is 15.1. The highest BCUT2D eigenvalue weighted by Crippen LogP contribution is 2.35. The number of urea groups is 1. The second kappa shape index (κ2) is 5.62. The van der Waals surface area contributed by atoms with E-state index < -0.39 is 11.9 Å². The molecule has 1 saturated heterocycles. The number of rotatable bonds is 2. The van der Waals surface area contributed by atoms with Crippen molar-refractivity contribution in [1.29, 1.82) is 0 Å². The standard InChI is InChI=1S/C15H26N2O3/c1-10-11(13(18)19)7-9-17(10)14(20)16-12-6-4-5-8-15(12,2)3/h10-12H,4-9H2,1-3H3,(H,16,20)(H,18,19). The Morgan fingerprint density at radius 1 is 1.25 bits per heavy atom. The van der Waals surface area contributed by atoms with Gasteiger partial charge in [-0.25, -0.2) is 4.79 Å². The maximum absolute atomic E-state index is 12.4. The van der Waals surface area contributed by atoms with Crippen molar-refractivity contribution in [3.63, 3.8) is 0 Å². The molecule has 5 nitrogen and oxygen atoms in total. The Hall–Kier alpha value is -1.26. The van der Waals surface area contributed by atoms with Gasteiger partial charge in [0.25, 0.3) is 0 Å². The number of nitrogens with one attached hydrogen (secondary N) is 1. The molecule has 1 aliphatic carbocycles. The summed E-state index contributed by atoms with van der Waals surface area (Å²) in [7, 11) is 0. The van der Waals surface area contributed by atoms with Crippen LogP contribution in [0.2, 0.25) is 0 Å². The van der Waals surface area contributed by atoms with Crippen LogP contribution in [-0.4, -0.2) is 40.6 Å². The molecule has 114 valence electrons. The van der Waals surface area contributed by atoms with Crippen LogP contribution in [0, 0.1) is 11.3 Å². The summed E-state index contributed by atoms with van der Waals surface area (Å²) >= 11 is 0. The maximum atomic E-state index is 12.4. The molecule has 2 N–H and O–H groups in total. The molecule has 0 radical (unpaired) electrons. The third-order valence-electron chi connectivity index (χ3n) is 5.14. The summed E-state index contributed by atoms with van der Waals surface area (Å²) in [5, 5.41) is 12.3. The Bertz CT molecular complexity index is 395. The minimum atomic E-state index is -0.800. The van der Waals surface area contributed by atoms with Gasteiger partial charge >= 0.3 is 12.0 Å². The lowest BCUT2D eigenvalue weighted by molar-refractivity contribution is -0.142. The van der Waals surface area contributed by atoms with E-state index in [1.54, 1.807) is 4.90 Å². The molecule has 5 heteroatoms. The highest BCUT2D eigenvalue weighted by molar-refractivity contribution is 5.78. The van der Waals surface area contributed by atoms with E-state index in [0.717, 1.165) is 19.3 Å². The summed E-state index contributed by atoms with van der Waals surface area (Å²) < 4.78 is 0. The Morgan fingerprint density at radius 2 is 1.95 bits per heavy atom. The number of carboxylic acid groups (broad SMARTS) is 1. The fourth-order valence-corrected chi connectivity index (χ4v) is 3.55. The third kappa shape index (κ3) is 2.91. The molecule has 20 heavy (non-hydrogen) atoms. The smallest absolute Gasteiger partial charge is 0.317 e. The number of carbonyl (C=O) groups excluding carboxylic acids is 1. The zero-order chi connectivity index (χ0) is 14.9. The summed E-state index contributed by atoms with van der Waals surface area (Å²) in [4.78, 5) is 25.2. The predicted molar refractivity (Wildman–Crippen MR) is 76.5 cm³/mol. The van der Waals surface area contributed by atoms with E-state index in [2.05, 4.69) is 19.2 Å². The zero-order valence-corrected chi connectivity index (χ0v) is 12.7. The van der Waals surface area contributed by atoms with Gasteiger partial charge in [0.2, 0.25) is 0 Å². The number of hydrogen-bond donors (Lipinski definition) is 2. The largest absolute Gasteiger partial charge is 0.481 e. The van der Waals surface area contributed by atoms with Crippen molar-refractivity contribution in [2.75, 3.05) is 6.54 Å². The molecule has 0 spiro atoms. The first-order valence-electron chi connectivity index (χ1n) is 7.63. The van der Waals surface area contributed by atoms with Crippen molar-refractivity contribution < 1.29 is 14.7 Å². The van der Waals surface area contributed by atoms with E-state index >= 15 is 0 Å². The molecule has 0 bridgehead atoms. The van der Waals surface area contributed by atoms with Gasteiger partial charge in [-0.05, 0) is 31.6 Å². The van der Waals surface area contributed by atoms with E-state index in [-0.39, 0.29) is 23.5 Å². The fourth-order valence-electron chi connectivity index (χ4n) is 3.55. The van der Waals surface area contributed by atoms with E-state index in [1.165, 1.54) is 6.42 Å². The molecule has 0 aromatic heterocycles. The van der Waals surface area contributed by atoms with Gasteiger partial charge in [0.1, 0.15) is 0 Å². The Balaban J connectivity index is 1.97. The number of aliphatic carboxylic acids is 1. The van der Waals surface area contributed by atoms with Gasteiger partial charge in [0.15, 0.2) is 0 Å². The van der Waals surface area contributed by atoms with Gasteiger partial charge in [-0.2, -0.15) is 0 Å². The van der Waals surface area contributed by atoms with Crippen LogP contribution >= 0.6 is 0 Å². The van der Waals surface area contributed by atoms with Crippen molar-refractivity contribution >= 4 is 12.0 Å².